The zero-order valence-corrected chi connectivity index (χ0v) is 19.1. The second kappa shape index (κ2) is 9.90. The van der Waals surface area contributed by atoms with Gasteiger partial charge in [-0.05, 0) is 23.3 Å². The lowest BCUT2D eigenvalue weighted by molar-refractivity contribution is -0.287. The molecule has 36 heavy (non-hydrogen) atoms. The molecule has 1 aliphatic rings. The Morgan fingerprint density at radius 2 is 1.64 bits per heavy atom. The first kappa shape index (κ1) is 25.1. The lowest BCUT2D eigenvalue weighted by atomic mass is 9.77. The van der Waals surface area contributed by atoms with E-state index in [0.29, 0.717) is 5.75 Å². The van der Waals surface area contributed by atoms with Gasteiger partial charge in [-0.1, -0.05) is 66.7 Å². The molecule has 1 fully saturated rings. The van der Waals surface area contributed by atoms with Gasteiger partial charge in [-0.2, -0.15) is 13.2 Å². The van der Waals surface area contributed by atoms with Crippen molar-refractivity contribution in [1.82, 2.24) is 10.6 Å². The van der Waals surface area contributed by atoms with Gasteiger partial charge in [-0.3, -0.25) is 4.79 Å². The third-order valence-corrected chi connectivity index (χ3v) is 5.93. The first-order valence-corrected chi connectivity index (χ1v) is 11.0. The monoisotopic (exact) mass is 500 g/mol. The van der Waals surface area contributed by atoms with Crippen molar-refractivity contribution in [2.24, 2.45) is 5.92 Å². The van der Waals surface area contributed by atoms with Gasteiger partial charge in [0, 0.05) is 5.56 Å². The summed E-state index contributed by atoms with van der Waals surface area (Å²) in [5.74, 6) is -2.66. The lowest BCUT2D eigenvalue weighted by Gasteiger charge is -2.45. The summed E-state index contributed by atoms with van der Waals surface area (Å²) in [6, 6.07) is 18.0. The molecule has 4 rings (SSSR count). The van der Waals surface area contributed by atoms with E-state index in [1.165, 1.54) is 54.9 Å². The molecule has 1 heterocycles. The predicted octanol–water partition coefficient (Wildman–Crippen LogP) is 4.38. The molecule has 3 N–H and O–H groups in total. The molecule has 0 aromatic heterocycles. The molecule has 3 atom stereocenters. The van der Waals surface area contributed by atoms with Crippen LogP contribution in [-0.2, 0) is 6.61 Å². The van der Waals surface area contributed by atoms with Crippen LogP contribution < -0.4 is 20.1 Å². The Hall–Kier alpha value is -4.05. The molecular formula is C26H23F3N2O5. The van der Waals surface area contributed by atoms with Crippen molar-refractivity contribution < 1.29 is 37.3 Å². The van der Waals surface area contributed by atoms with Gasteiger partial charge in [-0.15, -0.1) is 0 Å². The van der Waals surface area contributed by atoms with Gasteiger partial charge in [0.25, 0.3) is 0 Å². The Morgan fingerprint density at radius 3 is 2.25 bits per heavy atom. The third kappa shape index (κ3) is 4.85. The Bertz CT molecular complexity index is 1240. The minimum absolute atomic E-state index is 0.0529. The van der Waals surface area contributed by atoms with Crippen LogP contribution in [-0.4, -0.2) is 35.9 Å². The summed E-state index contributed by atoms with van der Waals surface area (Å²) in [5.41, 5.74) is -2.87. The second-order valence-corrected chi connectivity index (χ2v) is 8.23. The van der Waals surface area contributed by atoms with E-state index in [4.69, 9.17) is 9.47 Å². The van der Waals surface area contributed by atoms with Crippen molar-refractivity contribution in [3.05, 3.63) is 95.6 Å². The minimum atomic E-state index is -5.35. The number of halogens is 3. The molecular weight excluding hydrogens is 477 g/mol. The fourth-order valence-corrected chi connectivity index (χ4v) is 4.13. The fourth-order valence-electron chi connectivity index (χ4n) is 4.13. The number of ether oxygens (including phenoxy) is 2. The van der Waals surface area contributed by atoms with Crippen molar-refractivity contribution in [3.63, 3.8) is 0 Å². The second-order valence-electron chi connectivity index (χ2n) is 8.23. The Morgan fingerprint density at radius 1 is 1.00 bits per heavy atom. The summed E-state index contributed by atoms with van der Waals surface area (Å²) in [7, 11) is 1.36. The highest BCUT2D eigenvalue weighted by atomic mass is 19.4. The van der Waals surface area contributed by atoms with E-state index < -0.39 is 35.7 Å². The Balaban J connectivity index is 1.73. The van der Waals surface area contributed by atoms with Crippen molar-refractivity contribution in [1.29, 1.82) is 0 Å². The van der Waals surface area contributed by atoms with Crippen LogP contribution in [0.4, 0.5) is 18.0 Å². The number of Topliss-reactive ketones (excluding diaryl/α,β-unsaturated/α-hetero) is 1. The van der Waals surface area contributed by atoms with Crippen LogP contribution in [0.25, 0.3) is 0 Å². The first-order valence-electron chi connectivity index (χ1n) is 11.0. The number of aliphatic hydroxyl groups is 1. The van der Waals surface area contributed by atoms with Gasteiger partial charge in [0.15, 0.2) is 17.3 Å². The summed E-state index contributed by atoms with van der Waals surface area (Å²) >= 11 is 0. The molecule has 3 aromatic carbocycles. The van der Waals surface area contributed by atoms with Crippen molar-refractivity contribution in [3.8, 4) is 11.5 Å². The van der Waals surface area contributed by atoms with Gasteiger partial charge in [0.2, 0.25) is 5.72 Å². The molecule has 0 saturated carbocycles. The standard InChI is InChI=1S/C26H23F3N2O5/c1-35-20-14-18(12-13-19(20)36-15-16-8-4-2-5-9-16)22-21(23(32)17-10-6-3-7-11-17)25(34,26(27,28)29)31-24(33)30-22/h2-14,21-22,34H,15H2,1H3,(H2,30,31,33)/t21-,22-,25+/m1/s1. The molecule has 3 aromatic rings. The summed E-state index contributed by atoms with van der Waals surface area (Å²) in [4.78, 5) is 25.6. The minimum Gasteiger partial charge on any atom is -0.493 e. The fraction of sp³-hybridized carbons (Fsp3) is 0.231. The Labute approximate surface area is 204 Å². The normalized spacial score (nSPS) is 21.8. The van der Waals surface area contributed by atoms with Crippen molar-refractivity contribution in [2.45, 2.75) is 24.6 Å². The number of hydrogen-bond acceptors (Lipinski definition) is 5. The zero-order valence-electron chi connectivity index (χ0n) is 19.1. The number of ketones is 1. The van der Waals surface area contributed by atoms with Crippen molar-refractivity contribution in [2.75, 3.05) is 7.11 Å². The summed E-state index contributed by atoms with van der Waals surface area (Å²) < 4.78 is 53.5. The molecule has 0 spiro atoms. The molecule has 2 amide bonds. The van der Waals surface area contributed by atoms with Gasteiger partial charge < -0.3 is 25.2 Å². The number of rotatable bonds is 7. The molecule has 0 radical (unpaired) electrons. The maximum absolute atomic E-state index is 14.1. The Kier molecular flexibility index (Phi) is 6.89. The van der Waals surface area contributed by atoms with Crippen LogP contribution in [0.15, 0.2) is 78.9 Å². The lowest BCUT2D eigenvalue weighted by Crippen LogP contribution is -2.72. The molecule has 0 unspecified atom stereocenters. The van der Waals surface area contributed by atoms with Gasteiger partial charge >= 0.3 is 12.2 Å². The number of benzene rings is 3. The number of carbonyl (C=O) groups excluding carboxylic acids is 2. The van der Waals surface area contributed by atoms with Gasteiger partial charge in [0.1, 0.15) is 12.5 Å². The van der Waals surface area contributed by atoms with E-state index in [9.17, 15) is 27.9 Å². The maximum Gasteiger partial charge on any atom is 0.437 e. The SMILES string of the molecule is COc1cc([C@H]2NC(=O)N[C@@](O)(C(F)(F)F)[C@H]2C(=O)c2ccccc2)ccc1OCc1ccccc1. The number of amides is 2. The van der Waals surface area contributed by atoms with Crippen LogP contribution in [0, 0.1) is 5.92 Å². The number of urea groups is 1. The molecule has 10 heteroatoms. The van der Waals surface area contributed by atoms with Crippen LogP contribution in [0.1, 0.15) is 27.5 Å². The summed E-state index contributed by atoms with van der Waals surface area (Å²) in [6.45, 7) is 0.212. The third-order valence-electron chi connectivity index (χ3n) is 5.93. The molecule has 1 saturated heterocycles. The summed E-state index contributed by atoms with van der Waals surface area (Å²) in [6.07, 6.45) is -5.35. The molecule has 0 aliphatic carbocycles. The number of carbonyl (C=O) groups is 2. The molecule has 1 aliphatic heterocycles. The quantitative estimate of drug-likeness (QED) is 0.419. The van der Waals surface area contributed by atoms with E-state index in [0.717, 1.165) is 5.56 Å². The van der Waals surface area contributed by atoms with E-state index in [2.05, 4.69) is 5.32 Å². The largest absolute Gasteiger partial charge is 0.493 e. The molecule has 0 bridgehead atoms. The van der Waals surface area contributed by atoms with Crippen LogP contribution in [0.5, 0.6) is 11.5 Å². The topological polar surface area (TPSA) is 96.9 Å². The average Bonchev–Trinajstić information content (AvgIpc) is 2.87. The number of methoxy groups -OCH3 is 1. The average molecular weight is 500 g/mol. The number of hydrogen-bond donors (Lipinski definition) is 3. The van der Waals surface area contributed by atoms with E-state index in [1.54, 1.807) is 6.07 Å². The van der Waals surface area contributed by atoms with E-state index >= 15 is 0 Å². The van der Waals surface area contributed by atoms with E-state index in [-0.39, 0.29) is 23.5 Å². The number of alkyl halides is 3. The maximum atomic E-state index is 14.1. The van der Waals surface area contributed by atoms with E-state index in [1.807, 2.05) is 30.3 Å². The van der Waals surface area contributed by atoms with Gasteiger partial charge in [0.05, 0.1) is 13.2 Å². The van der Waals surface area contributed by atoms with Crippen LogP contribution >= 0.6 is 0 Å². The van der Waals surface area contributed by atoms with Crippen LogP contribution in [0.2, 0.25) is 0 Å². The van der Waals surface area contributed by atoms with Gasteiger partial charge in [-0.25, -0.2) is 4.79 Å². The zero-order chi connectivity index (χ0) is 25.9. The molecule has 188 valence electrons. The highest BCUT2D eigenvalue weighted by Crippen LogP contribution is 2.45. The predicted molar refractivity (Wildman–Crippen MR) is 123 cm³/mol. The smallest absolute Gasteiger partial charge is 0.437 e. The summed E-state index contributed by atoms with van der Waals surface area (Å²) in [5, 5.41) is 14.6. The van der Waals surface area contributed by atoms with Crippen molar-refractivity contribution >= 4 is 11.8 Å². The highest BCUT2D eigenvalue weighted by Gasteiger charge is 2.66. The number of nitrogens with one attached hydrogen (secondary N) is 2. The first-order chi connectivity index (χ1) is 17.1. The van der Waals surface area contributed by atoms with Crippen LogP contribution in [0.3, 0.4) is 0 Å². The highest BCUT2D eigenvalue weighted by molar-refractivity contribution is 6.00. The molecule has 7 nitrogen and oxygen atoms in total.